The van der Waals surface area contributed by atoms with Gasteiger partial charge in [0.05, 0.1) is 11.5 Å². The zero-order chi connectivity index (χ0) is 29.9. The number of carbonyl (C=O) groups excluding carboxylic acids is 2. The van der Waals surface area contributed by atoms with Gasteiger partial charge in [-0.2, -0.15) is 4.31 Å². The predicted molar refractivity (Wildman–Crippen MR) is 143 cm³/mol. The SMILES string of the molecule is CCOC(=O)CN([C@H](C(=O)OC(C)(C)C)C(C)c1c(F)ccc(C)c1C)S(=O)(=O)c1ccc(Cl)cc1[N+](=O)[O-]. The van der Waals surface area contributed by atoms with E-state index in [1.54, 1.807) is 34.6 Å². The zero-order valence-corrected chi connectivity index (χ0v) is 24.4. The van der Waals surface area contributed by atoms with Crippen molar-refractivity contribution < 1.29 is 36.8 Å². The predicted octanol–water partition coefficient (Wildman–Crippen LogP) is 5.07. The minimum atomic E-state index is -4.99. The number of nitrogens with zero attached hydrogens (tertiary/aromatic N) is 2. The Labute approximate surface area is 232 Å². The van der Waals surface area contributed by atoms with Gasteiger partial charge >= 0.3 is 11.9 Å². The summed E-state index contributed by atoms with van der Waals surface area (Å²) < 4.78 is 54.3. The topological polar surface area (TPSA) is 133 Å². The molecular weight excluding hydrogens is 555 g/mol. The Hall–Kier alpha value is -3.09. The van der Waals surface area contributed by atoms with Crippen LogP contribution in [0.5, 0.6) is 0 Å². The molecule has 2 rings (SSSR count). The zero-order valence-electron chi connectivity index (χ0n) is 22.8. The number of nitro groups is 1. The van der Waals surface area contributed by atoms with Crippen LogP contribution in [0, 0.1) is 29.8 Å². The van der Waals surface area contributed by atoms with Crippen LogP contribution in [0.4, 0.5) is 10.1 Å². The summed E-state index contributed by atoms with van der Waals surface area (Å²) in [7, 11) is -4.99. The molecule has 0 amide bonds. The van der Waals surface area contributed by atoms with Gasteiger partial charge in [-0.25, -0.2) is 12.8 Å². The molecule has 0 aliphatic rings. The molecule has 2 aromatic carbocycles. The van der Waals surface area contributed by atoms with E-state index in [0.29, 0.717) is 15.4 Å². The molecule has 0 heterocycles. The van der Waals surface area contributed by atoms with E-state index in [2.05, 4.69) is 0 Å². The lowest BCUT2D eigenvalue weighted by Gasteiger charge is -2.35. The van der Waals surface area contributed by atoms with Gasteiger partial charge < -0.3 is 9.47 Å². The lowest BCUT2D eigenvalue weighted by molar-refractivity contribution is -0.387. The van der Waals surface area contributed by atoms with Crippen LogP contribution in [0.3, 0.4) is 0 Å². The average Bonchev–Trinajstić information content (AvgIpc) is 2.80. The summed E-state index contributed by atoms with van der Waals surface area (Å²) in [5, 5.41) is 11.7. The number of nitro benzene ring substituents is 1. The van der Waals surface area contributed by atoms with Crippen LogP contribution in [0.25, 0.3) is 0 Å². The second kappa shape index (κ2) is 12.4. The Balaban J connectivity index is 2.91. The number of carbonyl (C=O) groups is 2. The van der Waals surface area contributed by atoms with E-state index in [0.717, 1.165) is 18.2 Å². The number of esters is 2. The maximum absolute atomic E-state index is 15.2. The van der Waals surface area contributed by atoms with E-state index < -0.39 is 67.4 Å². The van der Waals surface area contributed by atoms with Crippen LogP contribution >= 0.6 is 11.6 Å². The summed E-state index contributed by atoms with van der Waals surface area (Å²) in [6.07, 6.45) is 0. The average molecular weight is 587 g/mol. The maximum Gasteiger partial charge on any atom is 0.325 e. The van der Waals surface area contributed by atoms with Crippen LogP contribution in [-0.4, -0.2) is 54.4 Å². The van der Waals surface area contributed by atoms with E-state index in [1.807, 2.05) is 0 Å². The molecule has 0 N–H and O–H groups in total. The highest BCUT2D eigenvalue weighted by Gasteiger charge is 2.46. The number of benzene rings is 2. The Bertz CT molecular complexity index is 1370. The number of rotatable bonds is 10. The molecule has 2 aromatic rings. The Morgan fingerprint density at radius 1 is 1.18 bits per heavy atom. The molecule has 0 spiro atoms. The molecule has 214 valence electrons. The second-order valence-electron chi connectivity index (χ2n) is 9.89. The molecule has 0 aromatic heterocycles. The highest BCUT2D eigenvalue weighted by Crippen LogP contribution is 2.36. The largest absolute Gasteiger partial charge is 0.465 e. The van der Waals surface area contributed by atoms with Gasteiger partial charge in [0.25, 0.3) is 15.7 Å². The molecule has 0 aliphatic heterocycles. The molecule has 13 heteroatoms. The molecule has 2 atom stereocenters. The molecule has 0 saturated heterocycles. The minimum absolute atomic E-state index is 0.0283. The Morgan fingerprint density at radius 2 is 1.79 bits per heavy atom. The standard InChI is InChI=1S/C26H32ClFN2O8S/c1-8-37-22(31)14-29(39(35,36)21-12-10-18(27)13-20(21)30(33)34)24(25(32)38-26(5,6)7)17(4)23-16(3)15(2)9-11-19(23)28/h9-13,17,24H,8,14H2,1-7H3/t17?,24-/m0/s1. The van der Waals surface area contributed by atoms with E-state index in [-0.39, 0.29) is 17.2 Å². The van der Waals surface area contributed by atoms with Gasteiger partial charge in [-0.15, -0.1) is 0 Å². The second-order valence-corrected chi connectivity index (χ2v) is 12.2. The first-order valence-electron chi connectivity index (χ1n) is 12.0. The first kappa shape index (κ1) is 32.1. The molecule has 0 radical (unpaired) electrons. The lowest BCUT2D eigenvalue weighted by Crippen LogP contribution is -2.52. The van der Waals surface area contributed by atoms with Crippen molar-refractivity contribution in [3.8, 4) is 0 Å². The van der Waals surface area contributed by atoms with Gasteiger partial charge in [-0.1, -0.05) is 24.6 Å². The van der Waals surface area contributed by atoms with E-state index >= 15 is 4.39 Å². The van der Waals surface area contributed by atoms with Crippen LogP contribution in [0.15, 0.2) is 35.2 Å². The van der Waals surface area contributed by atoms with Crippen molar-refractivity contribution in [2.24, 2.45) is 0 Å². The third kappa shape index (κ3) is 7.52. The minimum Gasteiger partial charge on any atom is -0.465 e. The molecule has 0 aliphatic carbocycles. The first-order chi connectivity index (χ1) is 17.9. The normalized spacial score (nSPS) is 13.6. The summed E-state index contributed by atoms with van der Waals surface area (Å²) in [5.41, 5.74) is -0.803. The van der Waals surface area contributed by atoms with Crippen molar-refractivity contribution >= 4 is 39.3 Å². The number of aryl methyl sites for hydroxylation is 1. The number of hydrogen-bond acceptors (Lipinski definition) is 8. The Kier molecular flexibility index (Phi) is 10.2. The van der Waals surface area contributed by atoms with Crippen LogP contribution in [0.2, 0.25) is 5.02 Å². The summed E-state index contributed by atoms with van der Waals surface area (Å²) >= 11 is 5.88. The Morgan fingerprint density at radius 3 is 2.33 bits per heavy atom. The summed E-state index contributed by atoms with van der Waals surface area (Å²) in [6, 6.07) is 3.78. The fourth-order valence-electron chi connectivity index (χ4n) is 4.10. The smallest absolute Gasteiger partial charge is 0.325 e. The molecular formula is C26H32ClFN2O8S. The quantitative estimate of drug-likeness (QED) is 0.214. The first-order valence-corrected chi connectivity index (χ1v) is 13.8. The number of ether oxygens (including phenoxy) is 2. The van der Waals surface area contributed by atoms with Gasteiger partial charge in [0.1, 0.15) is 24.0 Å². The van der Waals surface area contributed by atoms with Crippen molar-refractivity contribution in [2.75, 3.05) is 13.2 Å². The number of sulfonamides is 1. The molecule has 0 saturated carbocycles. The van der Waals surface area contributed by atoms with Crippen molar-refractivity contribution in [2.45, 2.75) is 70.9 Å². The fourth-order valence-corrected chi connectivity index (χ4v) is 6.00. The third-order valence-corrected chi connectivity index (χ3v) is 8.02. The van der Waals surface area contributed by atoms with E-state index in [4.69, 9.17) is 21.1 Å². The van der Waals surface area contributed by atoms with Crippen LogP contribution in [-0.2, 0) is 29.1 Å². The van der Waals surface area contributed by atoms with Crippen molar-refractivity contribution in [1.29, 1.82) is 0 Å². The van der Waals surface area contributed by atoms with E-state index in [9.17, 15) is 28.1 Å². The van der Waals surface area contributed by atoms with Gasteiger partial charge in [-0.05, 0) is 76.4 Å². The van der Waals surface area contributed by atoms with Gasteiger partial charge in [0.2, 0.25) is 0 Å². The van der Waals surface area contributed by atoms with Gasteiger partial charge in [-0.3, -0.25) is 19.7 Å². The van der Waals surface area contributed by atoms with Crippen LogP contribution in [0.1, 0.15) is 57.2 Å². The highest BCUT2D eigenvalue weighted by molar-refractivity contribution is 7.89. The van der Waals surface area contributed by atoms with E-state index in [1.165, 1.54) is 26.0 Å². The molecule has 0 fully saturated rings. The van der Waals surface area contributed by atoms with Crippen molar-refractivity contribution in [1.82, 2.24) is 4.31 Å². The van der Waals surface area contributed by atoms with Gasteiger partial charge in [0.15, 0.2) is 4.90 Å². The van der Waals surface area contributed by atoms with Crippen molar-refractivity contribution in [3.05, 3.63) is 68.0 Å². The molecule has 1 unspecified atom stereocenters. The highest BCUT2D eigenvalue weighted by atomic mass is 35.5. The lowest BCUT2D eigenvalue weighted by atomic mass is 9.87. The number of halogens is 2. The molecule has 0 bridgehead atoms. The van der Waals surface area contributed by atoms with Crippen LogP contribution < -0.4 is 0 Å². The monoisotopic (exact) mass is 586 g/mol. The summed E-state index contributed by atoms with van der Waals surface area (Å²) in [6.45, 7) is 9.81. The van der Waals surface area contributed by atoms with Crippen molar-refractivity contribution in [3.63, 3.8) is 0 Å². The molecule has 39 heavy (non-hydrogen) atoms. The number of hydrogen-bond donors (Lipinski definition) is 0. The fraction of sp³-hybridized carbons (Fsp3) is 0.462. The van der Waals surface area contributed by atoms with Gasteiger partial charge in [0, 0.05) is 17.0 Å². The maximum atomic E-state index is 15.2. The molecule has 10 nitrogen and oxygen atoms in total. The summed E-state index contributed by atoms with van der Waals surface area (Å²) in [5.74, 6) is -4.01. The summed E-state index contributed by atoms with van der Waals surface area (Å²) in [4.78, 5) is 36.3. The third-order valence-electron chi connectivity index (χ3n) is 5.91.